The highest BCUT2D eigenvalue weighted by Crippen LogP contribution is 2.11. The van der Waals surface area contributed by atoms with Crippen LogP contribution >= 0.6 is 11.3 Å². The van der Waals surface area contributed by atoms with E-state index >= 15 is 0 Å². The highest BCUT2D eigenvalue weighted by atomic mass is 32.1. The van der Waals surface area contributed by atoms with Gasteiger partial charge in [-0.15, -0.1) is 11.3 Å². The molecule has 2 rings (SSSR count). The Bertz CT molecular complexity index is 380. The Balaban J connectivity index is 1.79. The third kappa shape index (κ3) is 3.80. The summed E-state index contributed by atoms with van der Waals surface area (Å²) in [5.74, 6) is 0.206. The number of carbonyl (C=O) groups is 1. The molecule has 2 heterocycles. The normalized spacial score (nSPS) is 20.9. The summed E-state index contributed by atoms with van der Waals surface area (Å²) in [7, 11) is 1.88. The van der Waals surface area contributed by atoms with Gasteiger partial charge in [0.1, 0.15) is 0 Å². The van der Waals surface area contributed by atoms with E-state index < -0.39 is 0 Å². The van der Waals surface area contributed by atoms with E-state index in [-0.39, 0.29) is 5.91 Å². The van der Waals surface area contributed by atoms with Gasteiger partial charge in [-0.05, 0) is 18.4 Å². The molecule has 1 fully saturated rings. The topological polar surface area (TPSA) is 35.6 Å². The quantitative estimate of drug-likeness (QED) is 0.884. The molecule has 1 amide bonds. The minimum Gasteiger partial charge on any atom is -0.340 e. The van der Waals surface area contributed by atoms with Crippen LogP contribution in [0, 0.1) is 0 Å². The first kappa shape index (κ1) is 13.5. The number of piperazine rings is 1. The molecule has 1 N–H and O–H groups in total. The molecule has 1 saturated heterocycles. The van der Waals surface area contributed by atoms with Crippen molar-refractivity contribution in [1.82, 2.24) is 15.1 Å². The minimum absolute atomic E-state index is 0.206. The predicted molar refractivity (Wildman–Crippen MR) is 74.7 cm³/mol. The maximum absolute atomic E-state index is 12.1. The van der Waals surface area contributed by atoms with Crippen LogP contribution in [0.15, 0.2) is 17.5 Å². The first-order chi connectivity index (χ1) is 8.65. The first-order valence-corrected chi connectivity index (χ1v) is 7.25. The fraction of sp³-hybridized carbons (Fsp3) is 0.615. The van der Waals surface area contributed by atoms with Crippen molar-refractivity contribution in [1.29, 1.82) is 0 Å². The number of hydrogen-bond donors (Lipinski definition) is 1. The molecule has 0 aromatic carbocycles. The number of nitrogens with zero attached hydrogens (tertiary/aromatic N) is 2. The van der Waals surface area contributed by atoms with Crippen molar-refractivity contribution in [3.8, 4) is 0 Å². The van der Waals surface area contributed by atoms with Crippen LogP contribution < -0.4 is 5.32 Å². The summed E-state index contributed by atoms with van der Waals surface area (Å²) in [6.45, 7) is 6.31. The Hall–Kier alpha value is -0.910. The molecule has 100 valence electrons. The molecule has 0 radical (unpaired) electrons. The van der Waals surface area contributed by atoms with Crippen molar-refractivity contribution >= 4 is 17.2 Å². The fourth-order valence-electron chi connectivity index (χ4n) is 2.19. The summed E-state index contributed by atoms with van der Waals surface area (Å²) >= 11 is 1.70. The van der Waals surface area contributed by atoms with Gasteiger partial charge in [-0.1, -0.05) is 6.07 Å². The van der Waals surface area contributed by atoms with E-state index in [9.17, 15) is 4.79 Å². The molecule has 4 nitrogen and oxygen atoms in total. The van der Waals surface area contributed by atoms with Gasteiger partial charge in [-0.25, -0.2) is 0 Å². The average molecular weight is 267 g/mol. The van der Waals surface area contributed by atoms with Crippen molar-refractivity contribution in [3.63, 3.8) is 0 Å². The minimum atomic E-state index is 0.206. The maximum atomic E-state index is 12.1. The number of amides is 1. The second-order valence-corrected chi connectivity index (χ2v) is 5.95. The first-order valence-electron chi connectivity index (χ1n) is 6.37. The molecule has 0 saturated carbocycles. The fourth-order valence-corrected chi connectivity index (χ4v) is 2.95. The molecule has 1 aliphatic heterocycles. The Labute approximate surface area is 113 Å². The third-order valence-corrected chi connectivity index (χ3v) is 4.07. The van der Waals surface area contributed by atoms with Gasteiger partial charge in [-0.2, -0.15) is 0 Å². The second kappa shape index (κ2) is 6.31. The van der Waals surface area contributed by atoms with E-state index in [1.165, 1.54) is 4.88 Å². The third-order valence-electron chi connectivity index (χ3n) is 3.21. The van der Waals surface area contributed by atoms with Crippen LogP contribution in [-0.4, -0.2) is 55.0 Å². The summed E-state index contributed by atoms with van der Waals surface area (Å²) < 4.78 is 0. The number of hydrogen-bond acceptors (Lipinski definition) is 4. The lowest BCUT2D eigenvalue weighted by molar-refractivity contribution is -0.131. The molecule has 0 unspecified atom stereocenters. The van der Waals surface area contributed by atoms with E-state index in [2.05, 4.69) is 23.2 Å². The maximum Gasteiger partial charge on any atom is 0.236 e. The molecule has 5 heteroatoms. The van der Waals surface area contributed by atoms with E-state index in [0.29, 0.717) is 12.6 Å². The number of carbonyl (C=O) groups excluding carboxylic acids is 1. The zero-order valence-corrected chi connectivity index (χ0v) is 11.9. The lowest BCUT2D eigenvalue weighted by atomic mass is 10.2. The Morgan fingerprint density at radius 1 is 1.67 bits per heavy atom. The summed E-state index contributed by atoms with van der Waals surface area (Å²) in [6.07, 6.45) is 0. The predicted octanol–water partition coefficient (Wildman–Crippen LogP) is 1.00. The van der Waals surface area contributed by atoms with Gasteiger partial charge in [-0.3, -0.25) is 9.69 Å². The largest absolute Gasteiger partial charge is 0.340 e. The summed E-state index contributed by atoms with van der Waals surface area (Å²) in [4.78, 5) is 17.4. The lowest BCUT2D eigenvalue weighted by Gasteiger charge is -2.32. The van der Waals surface area contributed by atoms with Crippen LogP contribution in [0.25, 0.3) is 0 Å². The Kier molecular flexibility index (Phi) is 4.74. The zero-order valence-electron chi connectivity index (χ0n) is 11.1. The van der Waals surface area contributed by atoms with Crippen LogP contribution in [0.2, 0.25) is 0 Å². The smallest absolute Gasteiger partial charge is 0.236 e. The van der Waals surface area contributed by atoms with Crippen molar-refractivity contribution < 1.29 is 4.79 Å². The van der Waals surface area contributed by atoms with Crippen LogP contribution in [-0.2, 0) is 11.3 Å². The Morgan fingerprint density at radius 2 is 2.50 bits per heavy atom. The molecular weight excluding hydrogens is 246 g/mol. The standard InChI is InChI=1S/C13H21N3OS/c1-11-8-16(6-5-14-11)10-13(17)15(2)9-12-4-3-7-18-12/h3-4,7,11,14H,5-6,8-10H2,1-2H3/t11-/m0/s1. The van der Waals surface area contributed by atoms with Gasteiger partial charge in [0.25, 0.3) is 0 Å². The van der Waals surface area contributed by atoms with E-state index in [0.717, 1.165) is 26.2 Å². The SMILES string of the molecule is C[C@H]1CN(CC(=O)N(C)Cc2cccs2)CCN1. The molecule has 18 heavy (non-hydrogen) atoms. The number of likely N-dealkylation sites (N-methyl/N-ethyl adjacent to an activating group) is 1. The summed E-state index contributed by atoms with van der Waals surface area (Å²) in [5.41, 5.74) is 0. The number of thiophene rings is 1. The van der Waals surface area contributed by atoms with Gasteiger partial charge < -0.3 is 10.2 Å². The van der Waals surface area contributed by atoms with Gasteiger partial charge in [0, 0.05) is 37.6 Å². The lowest BCUT2D eigenvalue weighted by Crippen LogP contribution is -2.51. The van der Waals surface area contributed by atoms with Crippen molar-refractivity contribution in [3.05, 3.63) is 22.4 Å². The molecule has 1 aliphatic rings. The number of nitrogens with one attached hydrogen (secondary N) is 1. The highest BCUT2D eigenvalue weighted by Gasteiger charge is 2.19. The number of rotatable bonds is 4. The van der Waals surface area contributed by atoms with Crippen LogP contribution in [0.1, 0.15) is 11.8 Å². The average Bonchev–Trinajstić information content (AvgIpc) is 2.81. The second-order valence-electron chi connectivity index (χ2n) is 4.92. The van der Waals surface area contributed by atoms with Crippen LogP contribution in [0.3, 0.4) is 0 Å². The van der Waals surface area contributed by atoms with Crippen molar-refractivity contribution in [2.24, 2.45) is 0 Å². The monoisotopic (exact) mass is 267 g/mol. The van der Waals surface area contributed by atoms with Crippen molar-refractivity contribution in [2.75, 3.05) is 33.2 Å². The van der Waals surface area contributed by atoms with E-state index in [1.54, 1.807) is 11.3 Å². The molecule has 0 spiro atoms. The van der Waals surface area contributed by atoms with Gasteiger partial charge in [0.05, 0.1) is 13.1 Å². The van der Waals surface area contributed by atoms with Crippen molar-refractivity contribution in [2.45, 2.75) is 19.5 Å². The van der Waals surface area contributed by atoms with Crippen LogP contribution in [0.5, 0.6) is 0 Å². The molecule has 1 aromatic rings. The van der Waals surface area contributed by atoms with Gasteiger partial charge in [0.15, 0.2) is 0 Å². The zero-order chi connectivity index (χ0) is 13.0. The molecule has 1 atom stereocenters. The molecule has 0 bridgehead atoms. The Morgan fingerprint density at radius 3 is 3.17 bits per heavy atom. The van der Waals surface area contributed by atoms with Gasteiger partial charge in [0.2, 0.25) is 5.91 Å². The molecule has 0 aliphatic carbocycles. The summed E-state index contributed by atoms with van der Waals surface area (Å²) in [6, 6.07) is 4.58. The summed E-state index contributed by atoms with van der Waals surface area (Å²) in [5, 5.41) is 5.43. The van der Waals surface area contributed by atoms with Crippen LogP contribution in [0.4, 0.5) is 0 Å². The highest BCUT2D eigenvalue weighted by molar-refractivity contribution is 7.09. The molecular formula is C13H21N3OS. The van der Waals surface area contributed by atoms with Gasteiger partial charge >= 0.3 is 0 Å². The van der Waals surface area contributed by atoms with E-state index in [1.807, 2.05) is 23.4 Å². The van der Waals surface area contributed by atoms with E-state index in [4.69, 9.17) is 0 Å². The molecule has 1 aromatic heterocycles.